The number of rotatable bonds is 4. The fraction of sp³-hybridized carbons (Fsp3) is 0.700. The molecule has 1 fully saturated rings. The number of carbonyl (C=O) groups is 3. The molecule has 0 heterocycles. The average Bonchev–Trinajstić information content (AvgIpc) is 2.65. The fourth-order valence-electron chi connectivity index (χ4n) is 1.85. The van der Waals surface area contributed by atoms with Crippen LogP contribution in [0.2, 0.25) is 0 Å². The molecule has 2 amide bonds. The predicted molar refractivity (Wildman–Crippen MR) is 55.3 cm³/mol. The van der Waals surface area contributed by atoms with E-state index in [1.54, 1.807) is 0 Å². The Kier molecular flexibility index (Phi) is 3.87. The monoisotopic (exact) mass is 228 g/mol. The summed E-state index contributed by atoms with van der Waals surface area (Å²) in [6.07, 6.45) is 1.40. The van der Waals surface area contributed by atoms with Crippen molar-refractivity contribution in [3.05, 3.63) is 0 Å². The Bertz CT molecular complexity index is 316. The van der Waals surface area contributed by atoms with E-state index in [1.165, 1.54) is 6.92 Å². The molecule has 1 saturated carbocycles. The van der Waals surface area contributed by atoms with Gasteiger partial charge in [0.25, 0.3) is 0 Å². The maximum atomic E-state index is 11.6. The highest BCUT2D eigenvalue weighted by molar-refractivity contribution is 5.87. The number of aliphatic carboxylic acids is 1. The van der Waals surface area contributed by atoms with E-state index in [0.29, 0.717) is 19.3 Å². The van der Waals surface area contributed by atoms with E-state index in [9.17, 15) is 14.4 Å². The van der Waals surface area contributed by atoms with Gasteiger partial charge in [0.15, 0.2) is 0 Å². The van der Waals surface area contributed by atoms with Gasteiger partial charge in [-0.1, -0.05) is 0 Å². The molecule has 90 valence electrons. The third kappa shape index (κ3) is 2.95. The second-order valence-corrected chi connectivity index (χ2v) is 4.18. The van der Waals surface area contributed by atoms with Crippen LogP contribution < -0.4 is 11.1 Å². The number of carbonyl (C=O) groups excluding carboxylic acids is 2. The van der Waals surface area contributed by atoms with Gasteiger partial charge in [-0.25, -0.2) is 0 Å². The van der Waals surface area contributed by atoms with Crippen LogP contribution >= 0.6 is 0 Å². The van der Waals surface area contributed by atoms with E-state index in [1.807, 2.05) is 0 Å². The summed E-state index contributed by atoms with van der Waals surface area (Å²) < 4.78 is 0. The van der Waals surface area contributed by atoms with Crippen LogP contribution in [-0.2, 0) is 14.4 Å². The lowest BCUT2D eigenvalue weighted by molar-refractivity contribution is -0.141. The molecule has 1 rings (SSSR count). The highest BCUT2D eigenvalue weighted by Gasteiger charge is 2.34. The first-order valence-electron chi connectivity index (χ1n) is 5.24. The van der Waals surface area contributed by atoms with Crippen LogP contribution in [0.4, 0.5) is 0 Å². The Labute approximate surface area is 93.2 Å². The maximum Gasteiger partial charge on any atom is 0.306 e. The number of carboxylic acids is 1. The highest BCUT2D eigenvalue weighted by atomic mass is 16.4. The van der Waals surface area contributed by atoms with Crippen LogP contribution in [-0.4, -0.2) is 28.9 Å². The van der Waals surface area contributed by atoms with Gasteiger partial charge in [-0.05, 0) is 26.2 Å². The molecule has 6 nitrogen and oxygen atoms in total. The van der Waals surface area contributed by atoms with Gasteiger partial charge in [0, 0.05) is 5.92 Å². The second kappa shape index (κ2) is 4.96. The molecule has 0 spiro atoms. The van der Waals surface area contributed by atoms with E-state index < -0.39 is 23.8 Å². The largest absolute Gasteiger partial charge is 0.481 e. The van der Waals surface area contributed by atoms with E-state index in [4.69, 9.17) is 10.8 Å². The van der Waals surface area contributed by atoms with Crippen molar-refractivity contribution in [1.82, 2.24) is 5.32 Å². The molecule has 4 N–H and O–H groups in total. The number of primary amides is 1. The van der Waals surface area contributed by atoms with Gasteiger partial charge in [-0.3, -0.25) is 14.4 Å². The number of hydrogen-bond donors (Lipinski definition) is 3. The van der Waals surface area contributed by atoms with Crippen molar-refractivity contribution in [2.24, 2.45) is 17.6 Å². The summed E-state index contributed by atoms with van der Waals surface area (Å²) in [6.45, 7) is 1.50. The highest BCUT2D eigenvalue weighted by Crippen LogP contribution is 2.31. The van der Waals surface area contributed by atoms with E-state index in [0.717, 1.165) is 0 Å². The lowest BCUT2D eigenvalue weighted by atomic mass is 10.0. The number of nitrogens with one attached hydrogen (secondary N) is 1. The van der Waals surface area contributed by atoms with Crippen molar-refractivity contribution in [3.63, 3.8) is 0 Å². The first kappa shape index (κ1) is 12.5. The standard InChI is InChI=1S/C10H16N2O4/c1-5(8(11)13)12-9(14)6-2-3-7(4-6)10(15)16/h5-7H,2-4H2,1H3,(H2,11,13)(H,12,14)(H,15,16). The van der Waals surface area contributed by atoms with Crippen molar-refractivity contribution in [3.8, 4) is 0 Å². The fourth-order valence-corrected chi connectivity index (χ4v) is 1.85. The molecule has 0 aromatic carbocycles. The molecule has 0 bridgehead atoms. The normalized spacial score (nSPS) is 26.1. The lowest BCUT2D eigenvalue weighted by Gasteiger charge is -2.14. The first-order valence-corrected chi connectivity index (χ1v) is 5.24. The molecule has 0 aromatic rings. The molecule has 1 aliphatic rings. The molecule has 16 heavy (non-hydrogen) atoms. The Morgan fingerprint density at radius 1 is 1.31 bits per heavy atom. The minimum atomic E-state index is -0.863. The summed E-state index contributed by atoms with van der Waals surface area (Å²) in [7, 11) is 0. The third-order valence-corrected chi connectivity index (χ3v) is 2.94. The summed E-state index contributed by atoms with van der Waals surface area (Å²) in [5.41, 5.74) is 5.01. The van der Waals surface area contributed by atoms with Crippen molar-refractivity contribution < 1.29 is 19.5 Å². The number of hydrogen-bond acceptors (Lipinski definition) is 3. The molecular formula is C10H16N2O4. The zero-order chi connectivity index (χ0) is 12.3. The van der Waals surface area contributed by atoms with Gasteiger partial charge < -0.3 is 16.2 Å². The molecule has 6 heteroatoms. The molecule has 0 radical (unpaired) electrons. The first-order chi connectivity index (χ1) is 7.41. The minimum absolute atomic E-state index is 0.282. The molecule has 1 aliphatic carbocycles. The predicted octanol–water partition coefficient (Wildman–Crippen LogP) is -0.523. The molecule has 3 unspecified atom stereocenters. The van der Waals surface area contributed by atoms with Crippen LogP contribution in [0, 0.1) is 11.8 Å². The van der Waals surface area contributed by atoms with Gasteiger partial charge in [0.1, 0.15) is 6.04 Å². The summed E-state index contributed by atoms with van der Waals surface area (Å²) in [5, 5.41) is 11.3. The Hall–Kier alpha value is -1.59. The van der Waals surface area contributed by atoms with Gasteiger partial charge in [-0.2, -0.15) is 0 Å². The molecular weight excluding hydrogens is 212 g/mol. The zero-order valence-corrected chi connectivity index (χ0v) is 9.10. The van der Waals surface area contributed by atoms with Gasteiger partial charge in [0.05, 0.1) is 5.92 Å². The smallest absolute Gasteiger partial charge is 0.306 e. The molecule has 0 aliphatic heterocycles. The van der Waals surface area contributed by atoms with Crippen molar-refractivity contribution in [2.75, 3.05) is 0 Å². The van der Waals surface area contributed by atoms with Crippen LogP contribution in [0.25, 0.3) is 0 Å². The van der Waals surface area contributed by atoms with Gasteiger partial charge in [0.2, 0.25) is 11.8 Å². The van der Waals surface area contributed by atoms with Crippen molar-refractivity contribution in [2.45, 2.75) is 32.2 Å². The number of carboxylic acid groups (broad SMARTS) is 1. The lowest BCUT2D eigenvalue weighted by Crippen LogP contribution is -2.44. The summed E-state index contributed by atoms with van der Waals surface area (Å²) >= 11 is 0. The van der Waals surface area contributed by atoms with Crippen LogP contribution in [0.15, 0.2) is 0 Å². The quantitative estimate of drug-likeness (QED) is 0.601. The minimum Gasteiger partial charge on any atom is -0.481 e. The van der Waals surface area contributed by atoms with E-state index in [2.05, 4.69) is 5.32 Å². The van der Waals surface area contributed by atoms with Crippen LogP contribution in [0.1, 0.15) is 26.2 Å². The Morgan fingerprint density at radius 3 is 2.31 bits per heavy atom. The van der Waals surface area contributed by atoms with Crippen LogP contribution in [0.3, 0.4) is 0 Å². The summed E-state index contributed by atoms with van der Waals surface area (Å²) in [4.78, 5) is 33.0. The molecule has 0 saturated heterocycles. The van der Waals surface area contributed by atoms with Gasteiger partial charge >= 0.3 is 5.97 Å². The third-order valence-electron chi connectivity index (χ3n) is 2.94. The van der Waals surface area contributed by atoms with E-state index in [-0.39, 0.29) is 11.8 Å². The summed E-state index contributed by atoms with van der Waals surface area (Å²) in [6, 6.07) is -0.712. The summed E-state index contributed by atoms with van der Waals surface area (Å²) in [5.74, 6) is -2.50. The Morgan fingerprint density at radius 2 is 1.88 bits per heavy atom. The second-order valence-electron chi connectivity index (χ2n) is 4.18. The van der Waals surface area contributed by atoms with Crippen LogP contribution in [0.5, 0.6) is 0 Å². The maximum absolute atomic E-state index is 11.6. The zero-order valence-electron chi connectivity index (χ0n) is 9.10. The van der Waals surface area contributed by atoms with Crippen molar-refractivity contribution in [1.29, 1.82) is 0 Å². The average molecular weight is 228 g/mol. The van der Waals surface area contributed by atoms with Gasteiger partial charge in [-0.15, -0.1) is 0 Å². The topological polar surface area (TPSA) is 109 Å². The van der Waals surface area contributed by atoms with Crippen molar-refractivity contribution >= 4 is 17.8 Å². The molecule has 3 atom stereocenters. The molecule has 0 aromatic heterocycles. The number of nitrogens with two attached hydrogens (primary N) is 1. The SMILES string of the molecule is CC(NC(=O)C1CCC(C(=O)O)C1)C(N)=O. The van der Waals surface area contributed by atoms with E-state index >= 15 is 0 Å². The number of amides is 2. The Balaban J connectivity index is 2.45.